The van der Waals surface area contributed by atoms with Crippen molar-refractivity contribution in [3.8, 4) is 11.5 Å². The van der Waals surface area contributed by atoms with Crippen LogP contribution in [0.4, 0.5) is 5.13 Å². The van der Waals surface area contributed by atoms with E-state index in [0.717, 1.165) is 27.8 Å². The molecule has 3 atom stereocenters. The van der Waals surface area contributed by atoms with Crippen molar-refractivity contribution in [3.63, 3.8) is 0 Å². The number of alkyl halides is 1. The molecule has 18 nitrogen and oxygen atoms in total. The van der Waals surface area contributed by atoms with Gasteiger partial charge in [0.05, 0.1) is 26.4 Å². The van der Waals surface area contributed by atoms with Crippen molar-refractivity contribution < 1.29 is 61.9 Å². The lowest BCUT2D eigenvalue weighted by atomic mass is 9.77. The molecular weight excluding hydrogens is 1360 g/mol. The number of fused-ring (bicyclic) bond motifs is 1. The molecule has 0 saturated carbocycles. The van der Waals surface area contributed by atoms with Crippen molar-refractivity contribution in [2.75, 3.05) is 69.7 Å². The van der Waals surface area contributed by atoms with E-state index >= 15 is 9.59 Å². The second-order valence-electron chi connectivity index (χ2n) is 21.7. The number of aromatic nitrogens is 1. The van der Waals surface area contributed by atoms with Crippen LogP contribution in [-0.4, -0.2) is 115 Å². The predicted molar refractivity (Wildman–Crippen MR) is 371 cm³/mol. The van der Waals surface area contributed by atoms with Crippen molar-refractivity contribution in [3.05, 3.63) is 297 Å². The van der Waals surface area contributed by atoms with Crippen molar-refractivity contribution in [1.82, 2.24) is 15.2 Å². The summed E-state index contributed by atoms with van der Waals surface area (Å²) in [5.41, 5.74) is 5.06. The molecule has 2 aliphatic heterocycles. The van der Waals surface area contributed by atoms with Gasteiger partial charge in [0.1, 0.15) is 28.3 Å². The zero-order chi connectivity index (χ0) is 65.8. The Morgan fingerprint density at radius 2 is 1.08 bits per heavy atom. The standard InChI is InChI=1S/C74H68IN5O13S2/c1-85-40-42-87-48-89-60-39-38-54(44-61(60)90-49-88-43-41-86-2)67(72(84)92-66(52-28-14-5-15-29-52)53-30-16-6-17-31-53)93-79-62(59-47-95-73(76-59)78-74(56-32-18-7-19-33-56,57-34-20-8-21-35-57)58-36-22-9-23-37-58)68(81)77-63-69(82)80-64(55(45-75)46-94-70(63)80)71(83)91-65(50-24-10-3-11-25-50)51-26-12-4-13-27-51/h3-39,44,47,63,65-67,70H,40-43,45-46,48-49H2,1-2H3,(H,76,78)(H,77,81)/b79-62+/t63-,67?,70-/m1/s1. The number of halogens is 1. The van der Waals surface area contributed by atoms with Crippen LogP contribution in [0.15, 0.2) is 252 Å². The van der Waals surface area contributed by atoms with Gasteiger partial charge in [-0.15, -0.1) is 23.1 Å². The van der Waals surface area contributed by atoms with E-state index in [-0.39, 0.29) is 55.3 Å². The second-order valence-corrected chi connectivity index (χ2v) is 24.4. The molecule has 1 saturated heterocycles. The first kappa shape index (κ1) is 67.2. The van der Waals surface area contributed by atoms with Gasteiger partial charge >= 0.3 is 11.9 Å². The average molecular weight is 1430 g/mol. The Morgan fingerprint density at radius 1 is 0.611 bits per heavy atom. The summed E-state index contributed by atoms with van der Waals surface area (Å²) in [4.78, 5) is 73.6. The molecule has 95 heavy (non-hydrogen) atoms. The number of carbonyl (C=O) groups is 4. The van der Waals surface area contributed by atoms with Gasteiger partial charge in [-0.05, 0) is 56.6 Å². The van der Waals surface area contributed by atoms with Gasteiger partial charge < -0.3 is 53.4 Å². The molecule has 2 N–H and O–H groups in total. The van der Waals surface area contributed by atoms with Crippen LogP contribution in [0.2, 0.25) is 0 Å². The Morgan fingerprint density at radius 3 is 1.57 bits per heavy atom. The van der Waals surface area contributed by atoms with Gasteiger partial charge in [0.2, 0.25) is 6.10 Å². The van der Waals surface area contributed by atoms with E-state index in [1.807, 2.05) is 212 Å². The number of ether oxygens (including phenoxy) is 8. The van der Waals surface area contributed by atoms with Crippen LogP contribution >= 0.6 is 45.7 Å². The minimum Gasteiger partial charge on any atom is -0.464 e. The predicted octanol–water partition coefficient (Wildman–Crippen LogP) is 12.8. The number of oxime groups is 1. The lowest BCUT2D eigenvalue weighted by Crippen LogP contribution is -2.71. The first-order chi connectivity index (χ1) is 46.7. The molecular formula is C74H68IN5O13S2. The summed E-state index contributed by atoms with van der Waals surface area (Å²) in [7, 11) is 3.12. The Hall–Kier alpha value is -9.20. The molecule has 2 aliphatic rings. The number of β-lactam (4-membered cyclic amide) rings is 1. The van der Waals surface area contributed by atoms with E-state index in [0.29, 0.717) is 45.2 Å². The van der Waals surface area contributed by atoms with E-state index < -0.39 is 64.7 Å². The van der Waals surface area contributed by atoms with Crippen molar-refractivity contribution in [2.24, 2.45) is 5.16 Å². The molecule has 0 aliphatic carbocycles. The van der Waals surface area contributed by atoms with E-state index in [4.69, 9.17) is 47.7 Å². The molecule has 3 heterocycles. The van der Waals surface area contributed by atoms with Gasteiger partial charge in [0.15, 0.2) is 48.1 Å². The number of thiazole rings is 1. The van der Waals surface area contributed by atoms with E-state index in [9.17, 15) is 9.59 Å². The smallest absolute Gasteiger partial charge is 0.356 e. The van der Waals surface area contributed by atoms with E-state index in [2.05, 4.69) is 38.4 Å². The highest BCUT2D eigenvalue weighted by Gasteiger charge is 2.55. The molecule has 9 aromatic rings. The number of anilines is 1. The topological polar surface area (TPSA) is 204 Å². The SMILES string of the molecule is COCCOCOc1ccc(C(O/N=C(/C(=O)N[C@@H]2C(=O)N3C(C(=O)OC(c4ccccc4)c4ccccc4)=C(CI)CS[C@H]23)c2csc(NC(c3ccccc3)(c3ccccc3)c3ccccc3)n2)C(=O)OC(c2ccccc2)c2ccccc2)cc1OCOCCOC. The fraction of sp³-hybridized carbons (Fsp3) is 0.216. The third kappa shape index (κ3) is 16.1. The number of rotatable bonds is 32. The van der Waals surface area contributed by atoms with Crippen LogP contribution in [0.5, 0.6) is 11.5 Å². The number of nitrogens with zero attached hydrogens (tertiary/aromatic N) is 3. The minimum atomic E-state index is -1.73. The number of methoxy groups -OCH3 is 2. The summed E-state index contributed by atoms with van der Waals surface area (Å²) in [5.74, 6) is -2.31. The lowest BCUT2D eigenvalue weighted by Gasteiger charge is -2.49. The summed E-state index contributed by atoms with van der Waals surface area (Å²) >= 11 is 4.79. The summed E-state index contributed by atoms with van der Waals surface area (Å²) in [6.45, 7) is 0.667. The second kappa shape index (κ2) is 33.3. The summed E-state index contributed by atoms with van der Waals surface area (Å²) in [6, 6.07) is 70.6. The van der Waals surface area contributed by atoms with Gasteiger partial charge in [-0.1, -0.05) is 246 Å². The quantitative estimate of drug-likeness (QED) is 0.00463. The Bertz CT molecular complexity index is 3870. The lowest BCUT2D eigenvalue weighted by molar-refractivity contribution is -0.162. The highest BCUT2D eigenvalue weighted by atomic mass is 127. The van der Waals surface area contributed by atoms with Gasteiger partial charge in [-0.25, -0.2) is 14.6 Å². The van der Waals surface area contributed by atoms with Crippen molar-refractivity contribution in [2.45, 2.75) is 35.3 Å². The maximum absolute atomic E-state index is 15.6. The first-order valence-electron chi connectivity index (χ1n) is 30.5. The molecule has 0 spiro atoms. The van der Waals surface area contributed by atoms with Crippen LogP contribution in [0.25, 0.3) is 0 Å². The monoisotopic (exact) mass is 1430 g/mol. The highest BCUT2D eigenvalue weighted by Crippen LogP contribution is 2.44. The Balaban J connectivity index is 0.985. The number of thioether (sulfide) groups is 1. The van der Waals surface area contributed by atoms with Crippen LogP contribution in [0, 0.1) is 0 Å². The third-order valence-electron chi connectivity index (χ3n) is 15.6. The molecule has 0 radical (unpaired) electrons. The number of nitrogens with one attached hydrogen (secondary N) is 2. The zero-order valence-electron chi connectivity index (χ0n) is 51.9. The molecule has 486 valence electrons. The van der Waals surface area contributed by atoms with Crippen molar-refractivity contribution in [1.29, 1.82) is 0 Å². The average Bonchev–Trinajstić information content (AvgIpc) is 1.42. The number of esters is 2. The van der Waals surface area contributed by atoms with Crippen LogP contribution < -0.4 is 20.1 Å². The summed E-state index contributed by atoms with van der Waals surface area (Å²) in [6.07, 6.45) is -3.47. The van der Waals surface area contributed by atoms with Crippen LogP contribution in [0.1, 0.15) is 68.5 Å². The van der Waals surface area contributed by atoms with Crippen molar-refractivity contribution >= 4 is 80.3 Å². The molecule has 1 unspecified atom stereocenters. The van der Waals surface area contributed by atoms with Crippen LogP contribution in [-0.2, 0) is 58.0 Å². The van der Waals surface area contributed by atoms with Gasteiger partial charge in [0, 0.05) is 35.3 Å². The highest BCUT2D eigenvalue weighted by molar-refractivity contribution is 14.1. The maximum Gasteiger partial charge on any atom is 0.356 e. The molecule has 1 aromatic heterocycles. The largest absolute Gasteiger partial charge is 0.464 e. The zero-order valence-corrected chi connectivity index (χ0v) is 55.7. The molecule has 21 heteroatoms. The van der Waals surface area contributed by atoms with Gasteiger partial charge in [-0.2, -0.15) is 0 Å². The summed E-state index contributed by atoms with van der Waals surface area (Å²) in [5, 5.41) is 12.6. The number of benzene rings is 8. The summed E-state index contributed by atoms with van der Waals surface area (Å²) < 4.78 is 47.2. The van der Waals surface area contributed by atoms with Gasteiger partial charge in [-0.3, -0.25) is 14.5 Å². The molecule has 0 bridgehead atoms. The molecule has 1 fully saturated rings. The van der Waals surface area contributed by atoms with Gasteiger partial charge in [0.25, 0.3) is 11.8 Å². The number of hydrogen-bond acceptors (Lipinski definition) is 18. The normalized spacial score (nSPS) is 14.9. The Labute approximate surface area is 572 Å². The fourth-order valence-electron chi connectivity index (χ4n) is 11.0. The third-order valence-corrected chi connectivity index (χ3v) is 18.6. The number of hydrogen-bond donors (Lipinski definition) is 2. The van der Waals surface area contributed by atoms with E-state index in [1.165, 1.54) is 34.1 Å². The molecule has 8 aromatic carbocycles. The Kier molecular flexibility index (Phi) is 23.5. The molecule has 11 rings (SSSR count). The van der Waals surface area contributed by atoms with E-state index in [1.54, 1.807) is 31.7 Å². The maximum atomic E-state index is 15.6. The first-order valence-corrected chi connectivity index (χ1v) is 34.0. The fourth-order valence-corrected chi connectivity index (χ4v) is 14.1. The van der Waals surface area contributed by atoms with Crippen LogP contribution in [0.3, 0.4) is 0 Å². The number of amides is 2. The number of carbonyl (C=O) groups excluding carboxylic acids is 4. The molecule has 2 amide bonds. The minimum absolute atomic E-state index is 0.0234.